The summed E-state index contributed by atoms with van der Waals surface area (Å²) in [6, 6.07) is 6.42. The molecule has 0 amide bonds. The van der Waals surface area contributed by atoms with Crippen molar-refractivity contribution in [1.82, 2.24) is 9.55 Å². The van der Waals surface area contributed by atoms with Crippen LogP contribution in [0.3, 0.4) is 0 Å². The molecule has 0 N–H and O–H groups in total. The Kier molecular flexibility index (Phi) is 4.23. The highest BCUT2D eigenvalue weighted by molar-refractivity contribution is 6.35. The Hall–Kier alpha value is -0.730. The van der Waals surface area contributed by atoms with Gasteiger partial charge in [0.25, 0.3) is 0 Å². The van der Waals surface area contributed by atoms with E-state index in [4.69, 9.17) is 23.2 Å². The third-order valence-electron chi connectivity index (χ3n) is 4.58. The van der Waals surface area contributed by atoms with Gasteiger partial charge >= 0.3 is 0 Å². The van der Waals surface area contributed by atoms with Gasteiger partial charge in [0.1, 0.15) is 5.82 Å². The van der Waals surface area contributed by atoms with Crippen molar-refractivity contribution in [3.8, 4) is 0 Å². The van der Waals surface area contributed by atoms with E-state index in [1.54, 1.807) is 0 Å². The highest BCUT2D eigenvalue weighted by Gasteiger charge is 2.28. The van der Waals surface area contributed by atoms with Crippen LogP contribution in [-0.4, -0.2) is 9.55 Å². The topological polar surface area (TPSA) is 17.8 Å². The standard InChI is InChI=1S/C16H20Cl2N2/c1-2-11-6-3-4-9-14(11)20-15(10-17)19-13-8-5-7-12(18)16(13)20/h5,7-8,11,14H,2-4,6,9-10H2,1H3. The normalized spacial score (nSPS) is 23.4. The maximum absolute atomic E-state index is 6.44. The van der Waals surface area contributed by atoms with Gasteiger partial charge in [-0.05, 0) is 30.9 Å². The van der Waals surface area contributed by atoms with Gasteiger partial charge in [0, 0.05) is 6.04 Å². The number of nitrogens with zero attached hydrogens (tertiary/aromatic N) is 2. The van der Waals surface area contributed by atoms with E-state index in [9.17, 15) is 0 Å². The van der Waals surface area contributed by atoms with Gasteiger partial charge in [-0.25, -0.2) is 4.98 Å². The smallest absolute Gasteiger partial charge is 0.125 e. The molecule has 0 spiro atoms. The minimum absolute atomic E-state index is 0.442. The number of hydrogen-bond acceptors (Lipinski definition) is 1. The number of aromatic nitrogens is 2. The third kappa shape index (κ3) is 2.33. The van der Waals surface area contributed by atoms with Gasteiger partial charge in [-0.2, -0.15) is 0 Å². The van der Waals surface area contributed by atoms with Crippen molar-refractivity contribution < 1.29 is 0 Å². The predicted octanol–water partition coefficient (Wildman–Crippen LogP) is 5.57. The molecule has 1 aromatic carbocycles. The number of para-hydroxylation sites is 1. The van der Waals surface area contributed by atoms with E-state index in [0.29, 0.717) is 17.8 Å². The summed E-state index contributed by atoms with van der Waals surface area (Å²) in [6.07, 6.45) is 6.33. The van der Waals surface area contributed by atoms with Gasteiger partial charge < -0.3 is 4.57 Å². The monoisotopic (exact) mass is 310 g/mol. The maximum atomic E-state index is 6.44. The lowest BCUT2D eigenvalue weighted by Crippen LogP contribution is -2.24. The second kappa shape index (κ2) is 5.95. The van der Waals surface area contributed by atoms with Gasteiger partial charge in [0.2, 0.25) is 0 Å². The van der Waals surface area contributed by atoms with E-state index < -0.39 is 0 Å². The van der Waals surface area contributed by atoms with E-state index in [1.165, 1.54) is 32.1 Å². The zero-order chi connectivity index (χ0) is 14.1. The highest BCUT2D eigenvalue weighted by Crippen LogP contribution is 2.40. The molecule has 2 atom stereocenters. The fraction of sp³-hybridized carbons (Fsp3) is 0.562. The van der Waals surface area contributed by atoms with Crippen molar-refractivity contribution in [2.24, 2.45) is 5.92 Å². The van der Waals surface area contributed by atoms with Crippen LogP contribution in [0, 0.1) is 5.92 Å². The third-order valence-corrected chi connectivity index (χ3v) is 5.12. The Balaban J connectivity index is 2.17. The van der Waals surface area contributed by atoms with Crippen molar-refractivity contribution in [1.29, 1.82) is 0 Å². The first-order valence-corrected chi connectivity index (χ1v) is 8.38. The second-order valence-corrected chi connectivity index (χ2v) is 6.33. The van der Waals surface area contributed by atoms with Gasteiger partial charge in [-0.15, -0.1) is 11.6 Å². The molecule has 2 nitrogen and oxygen atoms in total. The minimum Gasteiger partial charge on any atom is -0.322 e. The van der Waals surface area contributed by atoms with Crippen molar-refractivity contribution >= 4 is 34.2 Å². The highest BCUT2D eigenvalue weighted by atomic mass is 35.5. The lowest BCUT2D eigenvalue weighted by molar-refractivity contribution is 0.234. The number of imidazole rings is 1. The molecule has 0 bridgehead atoms. The molecule has 1 saturated carbocycles. The fourth-order valence-electron chi connectivity index (χ4n) is 3.61. The molecule has 3 rings (SSSR count). The summed E-state index contributed by atoms with van der Waals surface area (Å²) in [5.74, 6) is 2.11. The van der Waals surface area contributed by atoms with E-state index in [1.807, 2.05) is 18.2 Å². The molecular formula is C16H20Cl2N2. The van der Waals surface area contributed by atoms with Gasteiger partial charge in [0.15, 0.2) is 0 Å². The van der Waals surface area contributed by atoms with Crippen molar-refractivity contribution in [2.45, 2.75) is 50.9 Å². The zero-order valence-corrected chi connectivity index (χ0v) is 13.3. The predicted molar refractivity (Wildman–Crippen MR) is 85.6 cm³/mol. The van der Waals surface area contributed by atoms with Crippen LogP contribution in [0.2, 0.25) is 5.02 Å². The lowest BCUT2D eigenvalue weighted by Gasteiger charge is -2.33. The molecule has 0 radical (unpaired) electrons. The van der Waals surface area contributed by atoms with Crippen LogP contribution in [0.15, 0.2) is 18.2 Å². The quantitative estimate of drug-likeness (QED) is 0.678. The molecule has 0 aliphatic heterocycles. The first kappa shape index (κ1) is 14.2. The summed E-state index contributed by atoms with van der Waals surface area (Å²) in [6.45, 7) is 2.28. The molecule has 1 heterocycles. The number of fused-ring (bicyclic) bond motifs is 1. The molecule has 0 saturated heterocycles. The van der Waals surface area contributed by atoms with Gasteiger partial charge in [-0.1, -0.05) is 43.9 Å². The van der Waals surface area contributed by atoms with Crippen LogP contribution in [0.1, 0.15) is 50.9 Å². The Labute approximate surface area is 130 Å². The molecule has 20 heavy (non-hydrogen) atoms. The van der Waals surface area contributed by atoms with Crippen LogP contribution in [-0.2, 0) is 5.88 Å². The molecule has 2 aromatic rings. The minimum atomic E-state index is 0.442. The van der Waals surface area contributed by atoms with Crippen LogP contribution < -0.4 is 0 Å². The summed E-state index contributed by atoms with van der Waals surface area (Å²) >= 11 is 12.6. The molecule has 1 aliphatic carbocycles. The molecule has 1 fully saturated rings. The van der Waals surface area contributed by atoms with E-state index in [0.717, 1.165) is 21.9 Å². The van der Waals surface area contributed by atoms with Crippen molar-refractivity contribution in [2.75, 3.05) is 0 Å². The second-order valence-electron chi connectivity index (χ2n) is 5.66. The Morgan fingerprint density at radius 2 is 2.10 bits per heavy atom. The summed E-state index contributed by atoms with van der Waals surface area (Å²) < 4.78 is 2.33. The maximum Gasteiger partial charge on any atom is 0.125 e. The van der Waals surface area contributed by atoms with Crippen LogP contribution >= 0.6 is 23.2 Å². The number of alkyl halides is 1. The largest absolute Gasteiger partial charge is 0.322 e. The number of hydrogen-bond donors (Lipinski definition) is 0. The molecule has 2 unspecified atom stereocenters. The summed E-state index contributed by atoms with van der Waals surface area (Å²) in [5, 5.41) is 0.784. The first-order valence-electron chi connectivity index (χ1n) is 7.47. The fourth-order valence-corrected chi connectivity index (χ4v) is 4.06. The van der Waals surface area contributed by atoms with Gasteiger partial charge in [-0.3, -0.25) is 0 Å². The Bertz CT molecular complexity index is 606. The van der Waals surface area contributed by atoms with Crippen molar-refractivity contribution in [3.63, 3.8) is 0 Å². The summed E-state index contributed by atoms with van der Waals surface area (Å²) in [4.78, 5) is 4.68. The molecule has 108 valence electrons. The number of benzene rings is 1. The number of halogens is 2. The van der Waals surface area contributed by atoms with Gasteiger partial charge in [0.05, 0.1) is 21.9 Å². The average Bonchev–Trinajstić information content (AvgIpc) is 2.87. The molecular weight excluding hydrogens is 291 g/mol. The van der Waals surface area contributed by atoms with E-state index >= 15 is 0 Å². The molecule has 4 heteroatoms. The number of rotatable bonds is 3. The van der Waals surface area contributed by atoms with E-state index in [2.05, 4.69) is 16.5 Å². The summed E-state index contributed by atoms with van der Waals surface area (Å²) in [7, 11) is 0. The van der Waals surface area contributed by atoms with E-state index in [-0.39, 0.29) is 0 Å². The Morgan fingerprint density at radius 3 is 2.85 bits per heavy atom. The zero-order valence-electron chi connectivity index (χ0n) is 11.8. The lowest BCUT2D eigenvalue weighted by atomic mass is 9.82. The Morgan fingerprint density at radius 1 is 1.30 bits per heavy atom. The van der Waals surface area contributed by atoms with Crippen LogP contribution in [0.4, 0.5) is 0 Å². The first-order chi connectivity index (χ1) is 9.76. The molecule has 1 aromatic heterocycles. The molecule has 1 aliphatic rings. The SMILES string of the molecule is CCC1CCCCC1n1c(CCl)nc2cccc(Cl)c21. The summed E-state index contributed by atoms with van der Waals surface area (Å²) in [5.41, 5.74) is 2.03. The van der Waals surface area contributed by atoms with Crippen molar-refractivity contribution in [3.05, 3.63) is 29.0 Å². The average molecular weight is 311 g/mol. The van der Waals surface area contributed by atoms with Crippen LogP contribution in [0.25, 0.3) is 11.0 Å². The van der Waals surface area contributed by atoms with Crippen LogP contribution in [0.5, 0.6) is 0 Å².